The zero-order chi connectivity index (χ0) is 18.7. The predicted octanol–water partition coefficient (Wildman–Crippen LogP) is 4.58. The molecule has 2 aromatic carbocycles. The number of rotatable bonds is 5. The SMILES string of the molecule is Cc1ccc(NC(=O)CSc2nncn2-c2ccc(C)c(Cl)c2)c(C)c1. The van der Waals surface area contributed by atoms with E-state index in [1.54, 1.807) is 6.33 Å². The molecule has 1 aromatic heterocycles. The molecule has 0 aliphatic heterocycles. The van der Waals surface area contributed by atoms with E-state index >= 15 is 0 Å². The second-order valence-electron chi connectivity index (χ2n) is 6.07. The van der Waals surface area contributed by atoms with E-state index in [0.29, 0.717) is 10.2 Å². The van der Waals surface area contributed by atoms with Crippen LogP contribution in [0.5, 0.6) is 0 Å². The second-order valence-corrected chi connectivity index (χ2v) is 7.42. The number of carbonyl (C=O) groups excluding carboxylic acids is 1. The van der Waals surface area contributed by atoms with E-state index in [-0.39, 0.29) is 11.7 Å². The number of thioether (sulfide) groups is 1. The number of hydrogen-bond donors (Lipinski definition) is 1. The quantitative estimate of drug-likeness (QED) is 0.652. The zero-order valence-electron chi connectivity index (χ0n) is 14.8. The molecule has 0 radical (unpaired) electrons. The van der Waals surface area contributed by atoms with Gasteiger partial charge in [-0.25, -0.2) is 0 Å². The van der Waals surface area contributed by atoms with E-state index in [1.807, 2.05) is 61.7 Å². The monoisotopic (exact) mass is 386 g/mol. The lowest BCUT2D eigenvalue weighted by Gasteiger charge is -2.10. The van der Waals surface area contributed by atoms with Gasteiger partial charge in [-0.3, -0.25) is 9.36 Å². The molecule has 1 N–H and O–H groups in total. The van der Waals surface area contributed by atoms with Crippen molar-refractivity contribution in [2.75, 3.05) is 11.1 Å². The highest BCUT2D eigenvalue weighted by atomic mass is 35.5. The van der Waals surface area contributed by atoms with Gasteiger partial charge in [-0.05, 0) is 50.1 Å². The maximum absolute atomic E-state index is 12.3. The van der Waals surface area contributed by atoms with Crippen molar-refractivity contribution in [2.24, 2.45) is 0 Å². The molecule has 0 saturated carbocycles. The number of aryl methyl sites for hydroxylation is 3. The van der Waals surface area contributed by atoms with Crippen LogP contribution in [-0.4, -0.2) is 26.4 Å². The maximum atomic E-state index is 12.3. The van der Waals surface area contributed by atoms with Gasteiger partial charge in [0.25, 0.3) is 0 Å². The highest BCUT2D eigenvalue weighted by molar-refractivity contribution is 7.99. The van der Waals surface area contributed by atoms with Crippen molar-refractivity contribution in [2.45, 2.75) is 25.9 Å². The van der Waals surface area contributed by atoms with Gasteiger partial charge in [0.05, 0.1) is 11.4 Å². The number of halogens is 1. The Morgan fingerprint density at radius 3 is 2.69 bits per heavy atom. The fourth-order valence-electron chi connectivity index (χ4n) is 2.50. The molecule has 1 heterocycles. The van der Waals surface area contributed by atoms with Crippen LogP contribution in [0.1, 0.15) is 16.7 Å². The van der Waals surface area contributed by atoms with Crippen molar-refractivity contribution in [3.63, 3.8) is 0 Å². The fraction of sp³-hybridized carbons (Fsp3) is 0.211. The number of amides is 1. The molecule has 0 atom stereocenters. The van der Waals surface area contributed by atoms with E-state index in [2.05, 4.69) is 15.5 Å². The van der Waals surface area contributed by atoms with Gasteiger partial charge in [-0.2, -0.15) is 0 Å². The molecule has 0 unspecified atom stereocenters. The number of benzene rings is 2. The average molecular weight is 387 g/mol. The minimum absolute atomic E-state index is 0.0848. The summed E-state index contributed by atoms with van der Waals surface area (Å²) in [5.74, 6) is 0.157. The standard InChI is InChI=1S/C19H19ClN4OS/c1-12-4-7-17(14(3)8-12)22-18(25)10-26-19-23-21-11-24(19)15-6-5-13(2)16(20)9-15/h4-9,11H,10H2,1-3H3,(H,22,25). The highest BCUT2D eigenvalue weighted by Crippen LogP contribution is 2.24. The lowest BCUT2D eigenvalue weighted by molar-refractivity contribution is -0.113. The minimum Gasteiger partial charge on any atom is -0.325 e. The molecule has 26 heavy (non-hydrogen) atoms. The van der Waals surface area contributed by atoms with Gasteiger partial charge in [0, 0.05) is 10.7 Å². The molecule has 5 nitrogen and oxygen atoms in total. The number of anilines is 1. The largest absolute Gasteiger partial charge is 0.325 e. The van der Waals surface area contributed by atoms with Gasteiger partial charge in [-0.15, -0.1) is 10.2 Å². The molecule has 3 rings (SSSR count). The van der Waals surface area contributed by atoms with Gasteiger partial charge in [0.1, 0.15) is 6.33 Å². The van der Waals surface area contributed by atoms with Crippen molar-refractivity contribution < 1.29 is 4.79 Å². The van der Waals surface area contributed by atoms with Crippen LogP contribution in [0.4, 0.5) is 5.69 Å². The Balaban J connectivity index is 1.68. The van der Waals surface area contributed by atoms with Crippen LogP contribution in [0.25, 0.3) is 5.69 Å². The Morgan fingerprint density at radius 1 is 1.15 bits per heavy atom. The van der Waals surface area contributed by atoms with E-state index < -0.39 is 0 Å². The van der Waals surface area contributed by atoms with Crippen molar-refractivity contribution >= 4 is 35.0 Å². The first-order valence-electron chi connectivity index (χ1n) is 8.10. The summed E-state index contributed by atoms with van der Waals surface area (Å²) in [4.78, 5) is 12.3. The molecule has 0 bridgehead atoms. The zero-order valence-corrected chi connectivity index (χ0v) is 16.4. The van der Waals surface area contributed by atoms with Crippen molar-refractivity contribution in [3.05, 3.63) is 64.4 Å². The molecular weight excluding hydrogens is 368 g/mol. The van der Waals surface area contributed by atoms with Gasteiger partial charge in [0.15, 0.2) is 5.16 Å². The number of carbonyl (C=O) groups is 1. The third kappa shape index (κ3) is 4.26. The minimum atomic E-state index is -0.0848. The first-order valence-corrected chi connectivity index (χ1v) is 9.47. The third-order valence-corrected chi connectivity index (χ3v) is 5.29. The van der Waals surface area contributed by atoms with E-state index in [9.17, 15) is 4.79 Å². The fourth-order valence-corrected chi connectivity index (χ4v) is 3.41. The van der Waals surface area contributed by atoms with E-state index in [0.717, 1.165) is 22.5 Å². The Labute approximate surface area is 161 Å². The van der Waals surface area contributed by atoms with Crippen LogP contribution in [-0.2, 0) is 4.79 Å². The Bertz CT molecular complexity index is 954. The molecule has 0 saturated heterocycles. The predicted molar refractivity (Wildman–Crippen MR) is 106 cm³/mol. The Hall–Kier alpha value is -2.31. The highest BCUT2D eigenvalue weighted by Gasteiger charge is 2.12. The number of hydrogen-bond acceptors (Lipinski definition) is 4. The van der Waals surface area contributed by atoms with Crippen LogP contribution >= 0.6 is 23.4 Å². The lowest BCUT2D eigenvalue weighted by Crippen LogP contribution is -2.15. The number of nitrogens with zero attached hydrogens (tertiary/aromatic N) is 3. The molecule has 0 aliphatic carbocycles. The summed E-state index contributed by atoms with van der Waals surface area (Å²) in [5.41, 5.74) is 4.90. The summed E-state index contributed by atoms with van der Waals surface area (Å²) in [7, 11) is 0. The molecule has 3 aromatic rings. The number of aromatic nitrogens is 3. The lowest BCUT2D eigenvalue weighted by atomic mass is 10.1. The van der Waals surface area contributed by atoms with E-state index in [4.69, 9.17) is 11.6 Å². The summed E-state index contributed by atoms with van der Waals surface area (Å²) in [6.07, 6.45) is 1.62. The first kappa shape index (κ1) is 18.5. The Kier molecular flexibility index (Phi) is 5.64. The number of nitrogens with one attached hydrogen (secondary N) is 1. The van der Waals surface area contributed by atoms with Crippen molar-refractivity contribution in [1.29, 1.82) is 0 Å². The summed E-state index contributed by atoms with van der Waals surface area (Å²) >= 11 is 7.53. The molecule has 134 valence electrons. The Morgan fingerprint density at radius 2 is 1.96 bits per heavy atom. The third-order valence-electron chi connectivity index (χ3n) is 3.94. The average Bonchev–Trinajstić information content (AvgIpc) is 3.06. The summed E-state index contributed by atoms with van der Waals surface area (Å²) in [6, 6.07) is 11.7. The molecule has 0 spiro atoms. The van der Waals surface area contributed by atoms with E-state index in [1.165, 1.54) is 17.3 Å². The van der Waals surface area contributed by atoms with Crippen LogP contribution in [0.2, 0.25) is 5.02 Å². The molecule has 1 amide bonds. The van der Waals surface area contributed by atoms with Gasteiger partial charge >= 0.3 is 0 Å². The van der Waals surface area contributed by atoms with Crippen molar-refractivity contribution in [1.82, 2.24) is 14.8 Å². The van der Waals surface area contributed by atoms with Crippen LogP contribution < -0.4 is 5.32 Å². The molecular formula is C19H19ClN4OS. The van der Waals surface area contributed by atoms with Crippen LogP contribution in [0, 0.1) is 20.8 Å². The topological polar surface area (TPSA) is 59.8 Å². The van der Waals surface area contributed by atoms with Crippen LogP contribution in [0.3, 0.4) is 0 Å². The normalized spacial score (nSPS) is 10.8. The van der Waals surface area contributed by atoms with Gasteiger partial charge in [-0.1, -0.05) is 47.1 Å². The van der Waals surface area contributed by atoms with Crippen LogP contribution in [0.15, 0.2) is 47.9 Å². The maximum Gasteiger partial charge on any atom is 0.234 e. The summed E-state index contributed by atoms with van der Waals surface area (Å²) in [5, 5.41) is 12.3. The summed E-state index contributed by atoms with van der Waals surface area (Å²) in [6.45, 7) is 5.96. The smallest absolute Gasteiger partial charge is 0.234 e. The van der Waals surface area contributed by atoms with Gasteiger partial charge in [0.2, 0.25) is 5.91 Å². The molecule has 0 fully saturated rings. The molecule has 7 heteroatoms. The second kappa shape index (κ2) is 7.93. The van der Waals surface area contributed by atoms with Crippen molar-refractivity contribution in [3.8, 4) is 5.69 Å². The molecule has 0 aliphatic rings. The summed E-state index contributed by atoms with van der Waals surface area (Å²) < 4.78 is 1.82. The first-order chi connectivity index (χ1) is 12.4. The van der Waals surface area contributed by atoms with Gasteiger partial charge < -0.3 is 5.32 Å².